The molecular weight excluding hydrogens is 498 g/mol. The van der Waals surface area contributed by atoms with Gasteiger partial charge in [0.2, 0.25) is 0 Å². The SMILES string of the molecule is CN1Cc2cc(-c3ccc(-c4cncc(NS(=O)(=O)c5ccc6c(c5)OCCO6)c4)s3)ccc2C1=O. The number of pyridine rings is 1. The molecule has 0 spiro atoms. The van der Waals surface area contributed by atoms with Crippen molar-refractivity contribution >= 4 is 33.0 Å². The van der Waals surface area contributed by atoms with Crippen LogP contribution in [0.3, 0.4) is 0 Å². The Bertz CT molecular complexity index is 1610. The second-order valence-electron chi connectivity index (χ2n) is 8.57. The van der Waals surface area contributed by atoms with Crippen LogP contribution in [0, 0.1) is 0 Å². The van der Waals surface area contributed by atoms with Crippen molar-refractivity contribution in [3.8, 4) is 32.4 Å². The van der Waals surface area contributed by atoms with Gasteiger partial charge < -0.3 is 14.4 Å². The highest BCUT2D eigenvalue weighted by atomic mass is 32.2. The Morgan fingerprint density at radius 3 is 2.53 bits per heavy atom. The van der Waals surface area contributed by atoms with Gasteiger partial charge in [-0.05, 0) is 53.6 Å². The monoisotopic (exact) mass is 519 g/mol. The van der Waals surface area contributed by atoms with Crippen LogP contribution in [-0.4, -0.2) is 44.5 Å². The molecule has 0 radical (unpaired) electrons. The van der Waals surface area contributed by atoms with Gasteiger partial charge in [-0.25, -0.2) is 8.42 Å². The lowest BCUT2D eigenvalue weighted by atomic mass is 10.1. The van der Waals surface area contributed by atoms with Gasteiger partial charge in [0, 0.05) is 46.7 Å². The molecule has 0 bridgehead atoms. The molecule has 2 aromatic carbocycles. The number of hydrogen-bond acceptors (Lipinski definition) is 7. The minimum Gasteiger partial charge on any atom is -0.486 e. The van der Waals surface area contributed by atoms with Gasteiger partial charge in [0.25, 0.3) is 15.9 Å². The third-order valence-corrected chi connectivity index (χ3v) is 8.64. The molecule has 4 heterocycles. The van der Waals surface area contributed by atoms with Gasteiger partial charge in [-0.1, -0.05) is 6.07 Å². The third kappa shape index (κ3) is 4.08. The first-order valence-corrected chi connectivity index (χ1v) is 13.5. The van der Waals surface area contributed by atoms with Crippen LogP contribution in [0.25, 0.3) is 20.9 Å². The molecule has 0 fully saturated rings. The first-order chi connectivity index (χ1) is 17.4. The molecule has 36 heavy (non-hydrogen) atoms. The van der Waals surface area contributed by atoms with E-state index in [1.807, 2.05) is 24.3 Å². The van der Waals surface area contributed by atoms with Crippen molar-refractivity contribution in [2.24, 2.45) is 0 Å². The Kier molecular flexibility index (Phi) is 5.42. The standard InChI is InChI=1S/C26H21N3O5S2/c1-29-15-18-10-16(2-4-21(18)26(29)30)24-6-7-25(35-24)17-11-19(14-27-13-17)28-36(31,32)20-3-5-22-23(12-20)34-9-8-33-22/h2-7,10-14,28H,8-9,15H2,1H3. The Hall–Kier alpha value is -3.89. The summed E-state index contributed by atoms with van der Waals surface area (Å²) in [6, 6.07) is 16.2. The van der Waals surface area contributed by atoms with Crippen molar-refractivity contribution < 1.29 is 22.7 Å². The number of sulfonamides is 1. The molecule has 0 saturated heterocycles. The van der Waals surface area contributed by atoms with E-state index in [2.05, 4.69) is 15.8 Å². The summed E-state index contributed by atoms with van der Waals surface area (Å²) in [6.45, 7) is 1.42. The maximum atomic E-state index is 13.0. The number of hydrogen-bond donors (Lipinski definition) is 1. The van der Waals surface area contributed by atoms with Gasteiger partial charge in [0.1, 0.15) is 13.2 Å². The van der Waals surface area contributed by atoms with Crippen LogP contribution in [0.4, 0.5) is 5.69 Å². The Morgan fingerprint density at radius 2 is 1.69 bits per heavy atom. The average molecular weight is 520 g/mol. The highest BCUT2D eigenvalue weighted by Gasteiger charge is 2.25. The lowest BCUT2D eigenvalue weighted by Crippen LogP contribution is -2.17. The fraction of sp³-hybridized carbons (Fsp3) is 0.154. The first-order valence-electron chi connectivity index (χ1n) is 11.2. The second kappa shape index (κ2) is 8.65. The molecule has 8 nitrogen and oxygen atoms in total. The number of nitrogens with zero attached hydrogens (tertiary/aromatic N) is 2. The predicted octanol–water partition coefficient (Wildman–Crippen LogP) is 4.63. The van der Waals surface area contributed by atoms with Crippen LogP contribution in [0.15, 0.2) is 71.9 Å². The van der Waals surface area contributed by atoms with Gasteiger partial charge >= 0.3 is 0 Å². The van der Waals surface area contributed by atoms with Gasteiger partial charge in [0.05, 0.1) is 16.8 Å². The Morgan fingerprint density at radius 1 is 0.917 bits per heavy atom. The molecule has 4 aromatic rings. The van der Waals surface area contributed by atoms with E-state index in [9.17, 15) is 13.2 Å². The number of ether oxygens (including phenoxy) is 2. The molecule has 1 amide bonds. The molecule has 10 heteroatoms. The van der Waals surface area contributed by atoms with Gasteiger partial charge in [0.15, 0.2) is 11.5 Å². The van der Waals surface area contributed by atoms with Gasteiger partial charge in [-0.2, -0.15) is 0 Å². The summed E-state index contributed by atoms with van der Waals surface area (Å²) in [4.78, 5) is 20.2. The van der Waals surface area contributed by atoms with Crippen molar-refractivity contribution in [3.63, 3.8) is 0 Å². The molecule has 0 saturated carbocycles. The topological polar surface area (TPSA) is 97.8 Å². The van der Waals surface area contributed by atoms with E-state index in [0.29, 0.717) is 36.9 Å². The average Bonchev–Trinajstić information content (AvgIpc) is 3.48. The fourth-order valence-corrected chi connectivity index (χ4v) is 6.34. The summed E-state index contributed by atoms with van der Waals surface area (Å²) in [5, 5.41) is 0. The molecule has 182 valence electrons. The smallest absolute Gasteiger partial charge is 0.262 e. The normalized spacial score (nSPS) is 14.6. The van der Waals surface area contributed by atoms with Crippen LogP contribution in [0.2, 0.25) is 0 Å². The van der Waals surface area contributed by atoms with Crippen molar-refractivity contribution in [1.82, 2.24) is 9.88 Å². The van der Waals surface area contributed by atoms with Crippen LogP contribution < -0.4 is 14.2 Å². The maximum Gasteiger partial charge on any atom is 0.262 e. The minimum absolute atomic E-state index is 0.0463. The number of fused-ring (bicyclic) bond motifs is 2. The summed E-state index contributed by atoms with van der Waals surface area (Å²) < 4.78 is 39.6. The summed E-state index contributed by atoms with van der Waals surface area (Å²) >= 11 is 1.58. The van der Waals surface area contributed by atoms with Gasteiger partial charge in [-0.3, -0.25) is 14.5 Å². The molecule has 6 rings (SSSR count). The molecule has 2 aromatic heterocycles. The van der Waals surface area contributed by atoms with Crippen molar-refractivity contribution in [3.05, 3.63) is 78.1 Å². The van der Waals surface area contributed by atoms with E-state index in [1.165, 1.54) is 18.3 Å². The number of benzene rings is 2. The molecule has 0 atom stereocenters. The number of aromatic nitrogens is 1. The maximum absolute atomic E-state index is 13.0. The zero-order valence-electron chi connectivity index (χ0n) is 19.2. The lowest BCUT2D eigenvalue weighted by molar-refractivity contribution is 0.0816. The Labute approximate surface area is 212 Å². The fourth-order valence-electron chi connectivity index (χ4n) is 4.30. The highest BCUT2D eigenvalue weighted by Crippen LogP contribution is 2.37. The minimum atomic E-state index is -3.85. The van der Waals surface area contributed by atoms with Crippen LogP contribution in [-0.2, 0) is 16.6 Å². The van der Waals surface area contributed by atoms with Crippen molar-refractivity contribution in [2.75, 3.05) is 25.0 Å². The quantitative estimate of drug-likeness (QED) is 0.413. The molecular formula is C26H21N3O5S2. The van der Waals surface area contributed by atoms with Crippen molar-refractivity contribution in [1.29, 1.82) is 0 Å². The van der Waals surface area contributed by atoms with Crippen LogP contribution in [0.5, 0.6) is 11.5 Å². The number of anilines is 1. The largest absolute Gasteiger partial charge is 0.486 e. The summed E-state index contributed by atoms with van der Waals surface area (Å²) in [6.07, 6.45) is 3.18. The number of thiophene rings is 1. The van der Waals surface area contributed by atoms with E-state index < -0.39 is 10.0 Å². The summed E-state index contributed by atoms with van der Waals surface area (Å²) in [7, 11) is -2.05. The zero-order valence-corrected chi connectivity index (χ0v) is 20.9. The van der Waals surface area contributed by atoms with E-state index in [1.54, 1.807) is 41.6 Å². The molecule has 2 aliphatic heterocycles. The first kappa shape index (κ1) is 22.6. The van der Waals surface area contributed by atoms with E-state index in [0.717, 1.165) is 32.0 Å². The van der Waals surface area contributed by atoms with E-state index in [-0.39, 0.29) is 10.8 Å². The molecule has 0 aliphatic carbocycles. The van der Waals surface area contributed by atoms with Crippen LogP contribution >= 0.6 is 11.3 Å². The number of carbonyl (C=O) groups excluding carboxylic acids is 1. The van der Waals surface area contributed by atoms with E-state index >= 15 is 0 Å². The number of nitrogens with one attached hydrogen (secondary N) is 1. The third-order valence-electron chi connectivity index (χ3n) is 6.08. The number of amides is 1. The lowest BCUT2D eigenvalue weighted by Gasteiger charge is -2.19. The predicted molar refractivity (Wildman–Crippen MR) is 137 cm³/mol. The van der Waals surface area contributed by atoms with Gasteiger partial charge in [-0.15, -0.1) is 11.3 Å². The molecule has 1 N–H and O–H groups in total. The number of carbonyl (C=O) groups is 1. The summed E-state index contributed by atoms with van der Waals surface area (Å²) in [5.41, 5.74) is 3.96. The highest BCUT2D eigenvalue weighted by molar-refractivity contribution is 7.92. The Balaban J connectivity index is 1.24. The molecule has 0 unspecified atom stereocenters. The second-order valence-corrected chi connectivity index (χ2v) is 11.3. The number of rotatable bonds is 5. The molecule has 2 aliphatic rings. The summed E-state index contributed by atoms with van der Waals surface area (Å²) in [5.74, 6) is 0.981. The van der Waals surface area contributed by atoms with Crippen molar-refractivity contribution in [2.45, 2.75) is 11.4 Å². The zero-order chi connectivity index (χ0) is 24.9. The van der Waals surface area contributed by atoms with Crippen LogP contribution in [0.1, 0.15) is 15.9 Å². The van der Waals surface area contributed by atoms with E-state index in [4.69, 9.17) is 9.47 Å².